The number of hydrogen-bond acceptors (Lipinski definition) is 2. The number of anilines is 1. The standard InChI is InChI=1S/C15H13Cl2N3/c1-9-2-4-10(5-3-9)8-20-14-7-12(17)11(16)6-13(14)19-15(20)18/h2-7H,8H2,1H3,(H2,18,19). The number of rotatable bonds is 2. The van der Waals surface area contributed by atoms with Crippen molar-refractivity contribution < 1.29 is 0 Å². The van der Waals surface area contributed by atoms with E-state index in [1.807, 2.05) is 4.57 Å². The largest absolute Gasteiger partial charge is 0.369 e. The number of benzene rings is 2. The first-order chi connectivity index (χ1) is 9.54. The van der Waals surface area contributed by atoms with Gasteiger partial charge < -0.3 is 10.3 Å². The zero-order chi connectivity index (χ0) is 14.3. The molecule has 0 aliphatic rings. The van der Waals surface area contributed by atoms with E-state index in [9.17, 15) is 0 Å². The fourth-order valence-electron chi connectivity index (χ4n) is 2.18. The van der Waals surface area contributed by atoms with E-state index in [0.717, 1.165) is 16.6 Å². The molecule has 1 aromatic heterocycles. The van der Waals surface area contributed by atoms with Crippen molar-refractivity contribution in [1.29, 1.82) is 0 Å². The van der Waals surface area contributed by atoms with Gasteiger partial charge in [0.15, 0.2) is 0 Å². The summed E-state index contributed by atoms with van der Waals surface area (Å²) in [6.07, 6.45) is 0. The topological polar surface area (TPSA) is 43.8 Å². The molecule has 0 bridgehead atoms. The Labute approximate surface area is 126 Å². The molecule has 0 aliphatic carbocycles. The molecule has 3 rings (SSSR count). The van der Waals surface area contributed by atoms with Gasteiger partial charge in [-0.2, -0.15) is 0 Å². The lowest BCUT2D eigenvalue weighted by Crippen LogP contribution is -2.04. The average molecular weight is 306 g/mol. The van der Waals surface area contributed by atoms with Crippen LogP contribution in [0.25, 0.3) is 11.0 Å². The minimum absolute atomic E-state index is 0.457. The molecule has 0 saturated carbocycles. The Kier molecular flexibility index (Phi) is 3.32. The van der Waals surface area contributed by atoms with Gasteiger partial charge in [-0.1, -0.05) is 53.0 Å². The molecule has 20 heavy (non-hydrogen) atoms. The van der Waals surface area contributed by atoms with Gasteiger partial charge in [0, 0.05) is 0 Å². The van der Waals surface area contributed by atoms with Gasteiger partial charge in [0.05, 0.1) is 27.6 Å². The third kappa shape index (κ3) is 2.35. The zero-order valence-electron chi connectivity index (χ0n) is 10.9. The van der Waals surface area contributed by atoms with Gasteiger partial charge in [0.25, 0.3) is 0 Å². The van der Waals surface area contributed by atoms with Crippen LogP contribution >= 0.6 is 23.2 Å². The molecule has 0 unspecified atom stereocenters. The Balaban J connectivity index is 2.08. The maximum absolute atomic E-state index is 6.08. The van der Waals surface area contributed by atoms with E-state index in [4.69, 9.17) is 28.9 Å². The second-order valence-corrected chi connectivity index (χ2v) is 5.61. The monoisotopic (exact) mass is 305 g/mol. The second kappa shape index (κ2) is 5.00. The highest BCUT2D eigenvalue weighted by molar-refractivity contribution is 6.42. The van der Waals surface area contributed by atoms with E-state index < -0.39 is 0 Å². The van der Waals surface area contributed by atoms with Crippen molar-refractivity contribution in [3.63, 3.8) is 0 Å². The maximum atomic E-state index is 6.08. The molecule has 0 saturated heterocycles. The summed E-state index contributed by atoms with van der Waals surface area (Å²) >= 11 is 12.1. The number of halogens is 2. The lowest BCUT2D eigenvalue weighted by Gasteiger charge is -2.07. The summed E-state index contributed by atoms with van der Waals surface area (Å²) in [4.78, 5) is 4.33. The van der Waals surface area contributed by atoms with Crippen molar-refractivity contribution in [1.82, 2.24) is 9.55 Å². The third-order valence-electron chi connectivity index (χ3n) is 3.28. The van der Waals surface area contributed by atoms with Crippen LogP contribution in [0.1, 0.15) is 11.1 Å². The van der Waals surface area contributed by atoms with Gasteiger partial charge in [0.2, 0.25) is 5.95 Å². The quantitative estimate of drug-likeness (QED) is 0.768. The minimum Gasteiger partial charge on any atom is -0.369 e. The van der Waals surface area contributed by atoms with Crippen LogP contribution in [0.15, 0.2) is 36.4 Å². The van der Waals surface area contributed by atoms with Crippen LogP contribution in [0.4, 0.5) is 5.95 Å². The lowest BCUT2D eigenvalue weighted by atomic mass is 10.1. The Morgan fingerprint density at radius 1 is 1.10 bits per heavy atom. The lowest BCUT2D eigenvalue weighted by molar-refractivity contribution is 0.838. The summed E-state index contributed by atoms with van der Waals surface area (Å²) in [6.45, 7) is 2.72. The number of nitrogen functional groups attached to an aromatic ring is 1. The van der Waals surface area contributed by atoms with Crippen molar-refractivity contribution in [2.45, 2.75) is 13.5 Å². The summed E-state index contributed by atoms with van der Waals surface area (Å²) < 4.78 is 1.93. The van der Waals surface area contributed by atoms with Crippen LogP contribution in [0.2, 0.25) is 10.0 Å². The van der Waals surface area contributed by atoms with Crippen LogP contribution in [-0.2, 0) is 6.54 Å². The highest BCUT2D eigenvalue weighted by Gasteiger charge is 2.11. The Hall–Kier alpha value is -1.71. The summed E-state index contributed by atoms with van der Waals surface area (Å²) in [6, 6.07) is 11.9. The van der Waals surface area contributed by atoms with Crippen LogP contribution in [0.5, 0.6) is 0 Å². The number of nitrogens with zero attached hydrogens (tertiary/aromatic N) is 2. The molecule has 0 spiro atoms. The molecule has 0 aliphatic heterocycles. The number of fused-ring (bicyclic) bond motifs is 1. The first kappa shape index (κ1) is 13.3. The molecule has 1 heterocycles. The Morgan fingerprint density at radius 2 is 1.75 bits per heavy atom. The van der Waals surface area contributed by atoms with E-state index in [1.54, 1.807) is 12.1 Å². The number of imidazole rings is 1. The van der Waals surface area contributed by atoms with Gasteiger partial charge in [-0.3, -0.25) is 0 Å². The molecule has 5 heteroatoms. The molecule has 3 nitrogen and oxygen atoms in total. The normalized spacial score (nSPS) is 11.2. The predicted octanol–water partition coefficient (Wildman–Crippen LogP) is 4.28. The fraction of sp³-hybridized carbons (Fsp3) is 0.133. The smallest absolute Gasteiger partial charge is 0.201 e. The molecule has 0 radical (unpaired) electrons. The summed E-state index contributed by atoms with van der Waals surface area (Å²) in [5, 5.41) is 0.989. The number of nitrogens with two attached hydrogens (primary N) is 1. The van der Waals surface area contributed by atoms with Crippen molar-refractivity contribution in [2.75, 3.05) is 5.73 Å². The number of hydrogen-bond donors (Lipinski definition) is 1. The molecule has 2 N–H and O–H groups in total. The molecule has 3 aromatic rings. The fourth-order valence-corrected chi connectivity index (χ4v) is 2.50. The van der Waals surface area contributed by atoms with Gasteiger partial charge in [-0.25, -0.2) is 4.98 Å². The summed E-state index contributed by atoms with van der Waals surface area (Å²) in [5.41, 5.74) is 10.0. The van der Waals surface area contributed by atoms with Gasteiger partial charge >= 0.3 is 0 Å². The molecule has 0 amide bonds. The van der Waals surface area contributed by atoms with Gasteiger partial charge in [-0.05, 0) is 24.6 Å². The van der Waals surface area contributed by atoms with E-state index >= 15 is 0 Å². The van der Waals surface area contributed by atoms with Gasteiger partial charge in [0.1, 0.15) is 0 Å². The van der Waals surface area contributed by atoms with Crippen LogP contribution in [-0.4, -0.2) is 9.55 Å². The molecule has 0 fully saturated rings. The molecule has 0 atom stereocenters. The van der Waals surface area contributed by atoms with Crippen LogP contribution < -0.4 is 5.73 Å². The minimum atomic E-state index is 0.457. The maximum Gasteiger partial charge on any atom is 0.201 e. The molecular weight excluding hydrogens is 293 g/mol. The molecular formula is C15H13Cl2N3. The van der Waals surface area contributed by atoms with Crippen molar-refractivity contribution in [2.24, 2.45) is 0 Å². The molecule has 102 valence electrons. The van der Waals surface area contributed by atoms with E-state index in [0.29, 0.717) is 22.5 Å². The first-order valence-corrected chi connectivity index (χ1v) is 6.96. The van der Waals surface area contributed by atoms with Crippen molar-refractivity contribution in [3.8, 4) is 0 Å². The average Bonchev–Trinajstić information content (AvgIpc) is 2.69. The zero-order valence-corrected chi connectivity index (χ0v) is 12.4. The van der Waals surface area contributed by atoms with Crippen molar-refractivity contribution in [3.05, 3.63) is 57.6 Å². The van der Waals surface area contributed by atoms with Crippen LogP contribution in [0.3, 0.4) is 0 Å². The van der Waals surface area contributed by atoms with E-state index in [2.05, 4.69) is 36.2 Å². The highest BCUT2D eigenvalue weighted by atomic mass is 35.5. The number of aromatic nitrogens is 2. The third-order valence-corrected chi connectivity index (χ3v) is 4.00. The molecule has 2 aromatic carbocycles. The van der Waals surface area contributed by atoms with E-state index in [-0.39, 0.29) is 0 Å². The van der Waals surface area contributed by atoms with Gasteiger partial charge in [-0.15, -0.1) is 0 Å². The summed E-state index contributed by atoms with van der Waals surface area (Å²) in [7, 11) is 0. The Morgan fingerprint density at radius 3 is 2.45 bits per heavy atom. The highest BCUT2D eigenvalue weighted by Crippen LogP contribution is 2.29. The number of aryl methyl sites for hydroxylation is 1. The van der Waals surface area contributed by atoms with Crippen LogP contribution in [0, 0.1) is 6.92 Å². The van der Waals surface area contributed by atoms with E-state index in [1.165, 1.54) is 5.56 Å². The van der Waals surface area contributed by atoms with Crippen molar-refractivity contribution >= 4 is 40.2 Å². The Bertz CT molecular complexity index is 776. The SMILES string of the molecule is Cc1ccc(Cn2c(N)nc3cc(Cl)c(Cl)cc32)cc1. The summed E-state index contributed by atoms with van der Waals surface area (Å²) in [5.74, 6) is 0.457. The predicted molar refractivity (Wildman–Crippen MR) is 84.4 cm³/mol. The second-order valence-electron chi connectivity index (χ2n) is 4.80. The first-order valence-electron chi connectivity index (χ1n) is 6.21.